The van der Waals surface area contributed by atoms with Crippen molar-refractivity contribution in [3.8, 4) is 0 Å². The average molecular weight is 384 g/mol. The first-order valence-electron chi connectivity index (χ1n) is 6.68. The Labute approximate surface area is 140 Å². The molecule has 0 spiro atoms. The summed E-state index contributed by atoms with van der Waals surface area (Å²) in [5, 5.41) is 2.68. The summed E-state index contributed by atoms with van der Waals surface area (Å²) < 4.78 is 0. The zero-order valence-corrected chi connectivity index (χ0v) is 14.2. The van der Waals surface area contributed by atoms with E-state index in [2.05, 4.69) is 72.8 Å². The molecule has 0 saturated heterocycles. The van der Waals surface area contributed by atoms with Crippen LogP contribution in [0.5, 0.6) is 0 Å². The van der Waals surface area contributed by atoms with Gasteiger partial charge in [0.25, 0.3) is 0 Å². The van der Waals surface area contributed by atoms with Crippen molar-refractivity contribution in [3.05, 3.63) is 84.6 Å². The summed E-state index contributed by atoms with van der Waals surface area (Å²) in [7, 11) is -0.573. The quantitative estimate of drug-likeness (QED) is 0.500. The second-order valence-corrected chi connectivity index (χ2v) is 6.81. The van der Waals surface area contributed by atoms with Crippen LogP contribution >= 0.6 is 7.92 Å². The summed E-state index contributed by atoms with van der Waals surface area (Å²) in [5.74, 6) is 0. The molecule has 0 amide bonds. The van der Waals surface area contributed by atoms with E-state index in [1.807, 2.05) is 13.0 Å². The van der Waals surface area contributed by atoms with Gasteiger partial charge >= 0.3 is 0 Å². The topological polar surface area (TPSA) is 12.9 Å². The number of pyridine rings is 1. The van der Waals surface area contributed by atoms with Crippen LogP contribution in [0.4, 0.5) is 0 Å². The molecule has 0 aliphatic carbocycles. The zero-order chi connectivity index (χ0) is 13.8. The van der Waals surface area contributed by atoms with E-state index in [9.17, 15) is 0 Å². The third kappa shape index (κ3) is 3.86. The molecule has 1 heterocycles. The fourth-order valence-corrected chi connectivity index (χ4v) is 4.48. The van der Waals surface area contributed by atoms with E-state index < -0.39 is 7.92 Å². The molecule has 21 heavy (non-hydrogen) atoms. The first kappa shape index (κ1) is 16.1. The molecule has 0 aliphatic heterocycles. The van der Waals surface area contributed by atoms with E-state index in [0.29, 0.717) is 0 Å². The van der Waals surface area contributed by atoms with E-state index in [1.165, 1.54) is 10.6 Å². The number of rotatable bonds is 3. The van der Waals surface area contributed by atoms with Crippen LogP contribution < -0.4 is 16.0 Å². The normalized spacial score (nSPS) is 10.2. The fourth-order valence-electron chi connectivity index (χ4n) is 2.22. The first-order chi connectivity index (χ1) is 9.84. The Hall–Kier alpha value is -1.32. The molecule has 2 aromatic carbocycles. The predicted molar refractivity (Wildman–Crippen MR) is 87.7 cm³/mol. The summed E-state index contributed by atoms with van der Waals surface area (Å²) in [6.07, 6.45) is 0. The standard InChI is InChI=1S/C18H16NP.Pd/c1-15-9-8-14-18(19-15)20(16-10-4-2-5-11-16)17-12-6-3-7-13-17;/h2-14H,1H3;. The van der Waals surface area contributed by atoms with Gasteiger partial charge in [0.05, 0.1) is 5.44 Å². The van der Waals surface area contributed by atoms with Gasteiger partial charge in [0, 0.05) is 34.0 Å². The smallest absolute Gasteiger partial charge is 0.0724 e. The molecule has 0 radical (unpaired) electrons. The van der Waals surface area contributed by atoms with E-state index in [0.717, 1.165) is 11.1 Å². The fraction of sp³-hybridized carbons (Fsp3) is 0.0556. The molecule has 0 unspecified atom stereocenters. The summed E-state index contributed by atoms with van der Waals surface area (Å²) in [6, 6.07) is 27.6. The van der Waals surface area contributed by atoms with Gasteiger partial charge in [-0.3, -0.25) is 4.98 Å². The molecule has 0 saturated carbocycles. The van der Waals surface area contributed by atoms with Gasteiger partial charge in [0.2, 0.25) is 0 Å². The first-order valence-corrected chi connectivity index (χ1v) is 8.03. The minimum Gasteiger partial charge on any atom is -0.253 e. The van der Waals surface area contributed by atoms with Crippen molar-refractivity contribution in [1.29, 1.82) is 0 Å². The molecule has 3 heteroatoms. The molecule has 3 rings (SSSR count). The van der Waals surface area contributed by atoms with Gasteiger partial charge in [-0.1, -0.05) is 66.7 Å². The Bertz CT molecular complexity index is 646. The van der Waals surface area contributed by atoms with Gasteiger partial charge in [-0.2, -0.15) is 0 Å². The third-order valence-electron chi connectivity index (χ3n) is 3.13. The number of aryl methyl sites for hydroxylation is 1. The minimum absolute atomic E-state index is 0. The predicted octanol–water partition coefficient (Wildman–Crippen LogP) is 3.15. The number of hydrogen-bond donors (Lipinski definition) is 0. The van der Waals surface area contributed by atoms with Crippen molar-refractivity contribution in [2.45, 2.75) is 6.92 Å². The Morgan fingerprint density at radius 3 is 1.67 bits per heavy atom. The summed E-state index contributed by atoms with van der Waals surface area (Å²) in [5.41, 5.74) is 2.24. The van der Waals surface area contributed by atoms with Crippen molar-refractivity contribution in [1.82, 2.24) is 4.98 Å². The molecular weight excluding hydrogens is 368 g/mol. The summed E-state index contributed by atoms with van der Waals surface area (Å²) in [4.78, 5) is 4.76. The van der Waals surface area contributed by atoms with Crippen LogP contribution in [0.3, 0.4) is 0 Å². The molecule has 0 bridgehead atoms. The van der Waals surface area contributed by atoms with Crippen molar-refractivity contribution < 1.29 is 20.4 Å². The Kier molecular flexibility index (Phi) is 5.83. The molecule has 0 atom stereocenters. The molecule has 3 aromatic rings. The summed E-state index contributed by atoms with van der Waals surface area (Å²) >= 11 is 0. The van der Waals surface area contributed by atoms with E-state index >= 15 is 0 Å². The maximum absolute atomic E-state index is 4.76. The van der Waals surface area contributed by atoms with E-state index in [1.54, 1.807) is 0 Å². The Morgan fingerprint density at radius 1 is 0.667 bits per heavy atom. The minimum atomic E-state index is -0.573. The number of benzene rings is 2. The maximum atomic E-state index is 4.76. The van der Waals surface area contributed by atoms with E-state index in [4.69, 9.17) is 4.98 Å². The van der Waals surface area contributed by atoms with Crippen molar-refractivity contribution in [3.63, 3.8) is 0 Å². The molecule has 0 N–H and O–H groups in total. The number of nitrogens with zero attached hydrogens (tertiary/aromatic N) is 1. The average Bonchev–Trinajstić information content (AvgIpc) is 2.50. The second kappa shape index (κ2) is 7.62. The van der Waals surface area contributed by atoms with Crippen LogP contribution in [0, 0.1) is 6.92 Å². The van der Waals surface area contributed by atoms with E-state index in [-0.39, 0.29) is 20.4 Å². The van der Waals surface area contributed by atoms with Gasteiger partial charge < -0.3 is 0 Å². The second-order valence-electron chi connectivity index (χ2n) is 4.64. The molecule has 1 nitrogen and oxygen atoms in total. The van der Waals surface area contributed by atoms with Gasteiger partial charge in [0.1, 0.15) is 0 Å². The molecule has 0 fully saturated rings. The number of aromatic nitrogens is 1. The number of hydrogen-bond acceptors (Lipinski definition) is 1. The van der Waals surface area contributed by atoms with Crippen molar-refractivity contribution in [2.24, 2.45) is 0 Å². The van der Waals surface area contributed by atoms with Crippen LogP contribution in [0.25, 0.3) is 0 Å². The van der Waals surface area contributed by atoms with Crippen LogP contribution in [0.2, 0.25) is 0 Å². The largest absolute Gasteiger partial charge is 0.253 e. The molecule has 0 aliphatic rings. The SMILES string of the molecule is Cc1cccc(P(c2ccccc2)c2ccccc2)n1.[Pd]. The van der Waals surface area contributed by atoms with Crippen molar-refractivity contribution >= 4 is 24.0 Å². The Balaban J connectivity index is 0.00000161. The molecule has 108 valence electrons. The molecule has 1 aromatic heterocycles. The van der Waals surface area contributed by atoms with Gasteiger partial charge in [0.15, 0.2) is 0 Å². The van der Waals surface area contributed by atoms with Crippen LogP contribution in [-0.2, 0) is 20.4 Å². The van der Waals surface area contributed by atoms with Crippen LogP contribution in [0.15, 0.2) is 78.9 Å². The van der Waals surface area contributed by atoms with Gasteiger partial charge in [-0.05, 0) is 29.7 Å². The third-order valence-corrected chi connectivity index (χ3v) is 5.47. The van der Waals surface area contributed by atoms with Crippen LogP contribution in [0.1, 0.15) is 5.69 Å². The van der Waals surface area contributed by atoms with Gasteiger partial charge in [-0.25, -0.2) is 0 Å². The van der Waals surface area contributed by atoms with Crippen molar-refractivity contribution in [2.75, 3.05) is 0 Å². The molecular formula is C18H16NPPd. The van der Waals surface area contributed by atoms with Gasteiger partial charge in [-0.15, -0.1) is 0 Å². The maximum Gasteiger partial charge on any atom is 0.0724 e. The monoisotopic (exact) mass is 383 g/mol. The zero-order valence-electron chi connectivity index (χ0n) is 11.7. The summed E-state index contributed by atoms with van der Waals surface area (Å²) in [6.45, 7) is 2.05. The van der Waals surface area contributed by atoms with Crippen LogP contribution in [-0.4, -0.2) is 4.98 Å². The Morgan fingerprint density at radius 2 is 1.19 bits per heavy atom.